The van der Waals surface area contributed by atoms with Crippen molar-refractivity contribution in [2.24, 2.45) is 5.73 Å². The van der Waals surface area contributed by atoms with Crippen LogP contribution >= 0.6 is 0 Å². The fourth-order valence-corrected chi connectivity index (χ4v) is 2.30. The zero-order valence-corrected chi connectivity index (χ0v) is 12.3. The van der Waals surface area contributed by atoms with Crippen LogP contribution in [-0.4, -0.2) is 20.7 Å². The zero-order chi connectivity index (χ0) is 14.5. The molecule has 2 aromatic carbocycles. The molecule has 0 heterocycles. The Morgan fingerprint density at radius 3 is 2.15 bits per heavy atom. The van der Waals surface area contributed by atoms with E-state index >= 15 is 0 Å². The first-order valence-electron chi connectivity index (χ1n) is 6.79. The van der Waals surface area contributed by atoms with Gasteiger partial charge in [0, 0.05) is 19.3 Å². The first-order chi connectivity index (χ1) is 9.65. The van der Waals surface area contributed by atoms with E-state index in [1.807, 2.05) is 12.1 Å². The van der Waals surface area contributed by atoms with E-state index in [0.717, 1.165) is 5.75 Å². The second kappa shape index (κ2) is 6.44. The maximum absolute atomic E-state index is 5.97. The molecule has 2 aromatic rings. The topological polar surface area (TPSA) is 38.5 Å². The Kier molecular flexibility index (Phi) is 4.64. The van der Waals surface area contributed by atoms with Gasteiger partial charge in [0.2, 0.25) is 0 Å². The van der Waals surface area contributed by atoms with Crippen molar-refractivity contribution in [2.45, 2.75) is 13.0 Å². The molecule has 106 valence electrons. The highest BCUT2D eigenvalue weighted by molar-refractivity contribution is 5.49. The molecule has 20 heavy (non-hydrogen) atoms. The molecule has 1 unspecified atom stereocenters. The van der Waals surface area contributed by atoms with Crippen LogP contribution in [0.3, 0.4) is 0 Å². The van der Waals surface area contributed by atoms with Crippen molar-refractivity contribution in [3.05, 3.63) is 59.7 Å². The molecule has 0 fully saturated rings. The van der Waals surface area contributed by atoms with Crippen LogP contribution in [0, 0.1) is 6.92 Å². The van der Waals surface area contributed by atoms with E-state index in [1.54, 1.807) is 7.11 Å². The van der Waals surface area contributed by atoms with Crippen molar-refractivity contribution in [1.29, 1.82) is 0 Å². The molecule has 2 N–H and O–H groups in total. The van der Waals surface area contributed by atoms with E-state index in [-0.39, 0.29) is 6.04 Å². The molecular formula is C17H22N2O. The van der Waals surface area contributed by atoms with Gasteiger partial charge in [-0.3, -0.25) is 0 Å². The average Bonchev–Trinajstić information content (AvgIpc) is 2.49. The van der Waals surface area contributed by atoms with E-state index in [0.29, 0.717) is 6.54 Å². The number of ether oxygens (including phenoxy) is 1. The number of likely N-dealkylation sites (N-methyl/N-ethyl adjacent to an activating group) is 1. The number of hydrogen-bond acceptors (Lipinski definition) is 3. The first kappa shape index (κ1) is 14.4. The minimum absolute atomic E-state index is 0.156. The number of rotatable bonds is 5. The summed E-state index contributed by atoms with van der Waals surface area (Å²) < 4.78 is 5.20. The van der Waals surface area contributed by atoms with Gasteiger partial charge in [-0.2, -0.15) is 0 Å². The number of benzene rings is 2. The Bertz CT molecular complexity index is 534. The van der Waals surface area contributed by atoms with E-state index in [9.17, 15) is 0 Å². The Balaban J connectivity index is 2.23. The van der Waals surface area contributed by atoms with Gasteiger partial charge >= 0.3 is 0 Å². The third-order valence-electron chi connectivity index (χ3n) is 3.63. The van der Waals surface area contributed by atoms with Crippen LogP contribution in [0.25, 0.3) is 0 Å². The van der Waals surface area contributed by atoms with Gasteiger partial charge < -0.3 is 15.4 Å². The highest BCUT2D eigenvalue weighted by atomic mass is 16.5. The molecular weight excluding hydrogens is 248 g/mol. The van der Waals surface area contributed by atoms with Crippen molar-refractivity contribution in [1.82, 2.24) is 0 Å². The lowest BCUT2D eigenvalue weighted by Gasteiger charge is -2.29. The largest absolute Gasteiger partial charge is 0.497 e. The molecule has 0 saturated heterocycles. The third-order valence-corrected chi connectivity index (χ3v) is 3.63. The summed E-state index contributed by atoms with van der Waals surface area (Å²) in [5.74, 6) is 0.863. The van der Waals surface area contributed by atoms with Crippen molar-refractivity contribution in [2.75, 3.05) is 25.6 Å². The van der Waals surface area contributed by atoms with Crippen molar-refractivity contribution in [3.8, 4) is 5.75 Å². The van der Waals surface area contributed by atoms with Gasteiger partial charge in [0.05, 0.1) is 13.2 Å². The van der Waals surface area contributed by atoms with E-state index in [2.05, 4.69) is 55.3 Å². The van der Waals surface area contributed by atoms with Gasteiger partial charge in [-0.05, 0) is 36.8 Å². The molecule has 0 spiro atoms. The normalized spacial score (nSPS) is 12.0. The smallest absolute Gasteiger partial charge is 0.118 e. The molecule has 0 amide bonds. The van der Waals surface area contributed by atoms with Crippen molar-refractivity contribution < 1.29 is 4.74 Å². The van der Waals surface area contributed by atoms with Crippen LogP contribution in [0.2, 0.25) is 0 Å². The Labute approximate surface area is 121 Å². The van der Waals surface area contributed by atoms with Gasteiger partial charge in [-0.25, -0.2) is 0 Å². The predicted molar refractivity (Wildman–Crippen MR) is 84.4 cm³/mol. The van der Waals surface area contributed by atoms with Gasteiger partial charge in [0.25, 0.3) is 0 Å². The van der Waals surface area contributed by atoms with E-state index in [1.165, 1.54) is 16.8 Å². The molecule has 0 saturated carbocycles. The second-order valence-corrected chi connectivity index (χ2v) is 4.97. The SMILES string of the molecule is COc1ccc(C(CN)N(C)c2ccc(C)cc2)cc1. The van der Waals surface area contributed by atoms with Gasteiger partial charge in [0.15, 0.2) is 0 Å². The van der Waals surface area contributed by atoms with Crippen molar-refractivity contribution >= 4 is 5.69 Å². The third kappa shape index (κ3) is 3.11. The number of nitrogens with zero attached hydrogens (tertiary/aromatic N) is 1. The maximum atomic E-state index is 5.97. The second-order valence-electron chi connectivity index (χ2n) is 4.97. The molecule has 3 heteroatoms. The van der Waals surface area contributed by atoms with Crippen LogP contribution in [0.1, 0.15) is 17.2 Å². The fraction of sp³-hybridized carbons (Fsp3) is 0.294. The Morgan fingerprint density at radius 2 is 1.65 bits per heavy atom. The summed E-state index contributed by atoms with van der Waals surface area (Å²) in [7, 11) is 3.75. The molecule has 0 aliphatic carbocycles. The first-order valence-corrected chi connectivity index (χ1v) is 6.79. The quantitative estimate of drug-likeness (QED) is 0.907. The zero-order valence-electron chi connectivity index (χ0n) is 12.3. The molecule has 0 bridgehead atoms. The minimum Gasteiger partial charge on any atom is -0.497 e. The highest BCUT2D eigenvalue weighted by Crippen LogP contribution is 2.26. The summed E-state index contributed by atoms with van der Waals surface area (Å²) in [5.41, 5.74) is 9.59. The molecule has 0 aliphatic rings. The van der Waals surface area contributed by atoms with Crippen LogP contribution in [0.5, 0.6) is 5.75 Å². The fourth-order valence-electron chi connectivity index (χ4n) is 2.30. The predicted octanol–water partition coefficient (Wildman–Crippen LogP) is 3.14. The highest BCUT2D eigenvalue weighted by Gasteiger charge is 2.15. The number of methoxy groups -OCH3 is 1. The molecule has 0 aromatic heterocycles. The van der Waals surface area contributed by atoms with Crippen molar-refractivity contribution in [3.63, 3.8) is 0 Å². The van der Waals surface area contributed by atoms with Crippen LogP contribution in [0.15, 0.2) is 48.5 Å². The standard InChI is InChI=1S/C17H22N2O/c1-13-4-8-15(9-5-13)19(2)17(12-18)14-6-10-16(20-3)11-7-14/h4-11,17H,12,18H2,1-3H3. The Morgan fingerprint density at radius 1 is 1.05 bits per heavy atom. The summed E-state index contributed by atoms with van der Waals surface area (Å²) in [5, 5.41) is 0. The number of aryl methyl sites for hydroxylation is 1. The lowest BCUT2D eigenvalue weighted by Crippen LogP contribution is -2.30. The van der Waals surface area contributed by atoms with Gasteiger partial charge in [0.1, 0.15) is 5.75 Å². The summed E-state index contributed by atoms with van der Waals surface area (Å²) in [6, 6.07) is 16.7. The van der Waals surface area contributed by atoms with Gasteiger partial charge in [-0.15, -0.1) is 0 Å². The number of hydrogen-bond donors (Lipinski definition) is 1. The molecule has 0 aliphatic heterocycles. The van der Waals surface area contributed by atoms with Crippen LogP contribution < -0.4 is 15.4 Å². The maximum Gasteiger partial charge on any atom is 0.118 e. The molecule has 0 radical (unpaired) electrons. The van der Waals surface area contributed by atoms with Crippen LogP contribution in [0.4, 0.5) is 5.69 Å². The minimum atomic E-state index is 0.156. The number of nitrogens with two attached hydrogens (primary N) is 1. The van der Waals surface area contributed by atoms with Gasteiger partial charge in [-0.1, -0.05) is 29.8 Å². The monoisotopic (exact) mass is 270 g/mol. The van der Waals surface area contributed by atoms with E-state index in [4.69, 9.17) is 10.5 Å². The average molecular weight is 270 g/mol. The summed E-state index contributed by atoms with van der Waals surface area (Å²) in [6.07, 6.45) is 0. The summed E-state index contributed by atoms with van der Waals surface area (Å²) in [6.45, 7) is 2.66. The van der Waals surface area contributed by atoms with Crippen LogP contribution in [-0.2, 0) is 0 Å². The molecule has 2 rings (SSSR count). The lowest BCUT2D eigenvalue weighted by molar-refractivity contribution is 0.414. The molecule has 3 nitrogen and oxygen atoms in total. The summed E-state index contributed by atoms with van der Waals surface area (Å²) in [4.78, 5) is 2.21. The Hall–Kier alpha value is -2.00. The summed E-state index contributed by atoms with van der Waals surface area (Å²) >= 11 is 0. The van der Waals surface area contributed by atoms with E-state index < -0.39 is 0 Å². The number of anilines is 1. The lowest BCUT2D eigenvalue weighted by atomic mass is 10.0. The molecule has 1 atom stereocenters.